The normalized spacial score (nSPS) is 11.8. The van der Waals surface area contributed by atoms with Crippen LogP contribution in [-0.2, 0) is 29.7 Å². The molecular formula is C29H26BrN5O6S. The summed E-state index contributed by atoms with van der Waals surface area (Å²) in [6, 6.07) is 20.4. The van der Waals surface area contributed by atoms with Crippen LogP contribution in [0.15, 0.2) is 103 Å². The number of nitrogens with zero attached hydrogens (tertiary/aromatic N) is 4. The van der Waals surface area contributed by atoms with Gasteiger partial charge in [-0.05, 0) is 54.1 Å². The van der Waals surface area contributed by atoms with E-state index in [9.17, 15) is 13.2 Å². The predicted molar refractivity (Wildman–Crippen MR) is 160 cm³/mol. The fraction of sp³-hybridized carbons (Fsp3) is 0.172. The number of nitrogens with two attached hydrogens (primary N) is 1. The van der Waals surface area contributed by atoms with E-state index < -0.39 is 15.6 Å². The van der Waals surface area contributed by atoms with E-state index in [0.29, 0.717) is 48.9 Å². The number of primary sulfonamides is 1. The van der Waals surface area contributed by atoms with Crippen LogP contribution in [0.25, 0.3) is 11.0 Å². The van der Waals surface area contributed by atoms with Crippen molar-refractivity contribution in [1.82, 2.24) is 15.0 Å². The van der Waals surface area contributed by atoms with Crippen LogP contribution in [0.2, 0.25) is 0 Å². The number of aromatic nitrogens is 3. The summed E-state index contributed by atoms with van der Waals surface area (Å²) in [5.74, 6) is 1.25. The third-order valence-corrected chi connectivity index (χ3v) is 7.51. The second-order valence-electron chi connectivity index (χ2n) is 9.26. The second kappa shape index (κ2) is 13.1. The zero-order valence-corrected chi connectivity index (χ0v) is 24.6. The van der Waals surface area contributed by atoms with Crippen molar-refractivity contribution in [2.45, 2.75) is 31.0 Å². The highest BCUT2D eigenvalue weighted by Crippen LogP contribution is 2.23. The summed E-state index contributed by atoms with van der Waals surface area (Å²) < 4.78 is 42.5. The van der Waals surface area contributed by atoms with Gasteiger partial charge < -0.3 is 13.9 Å². The largest absolute Gasteiger partial charge is 0.493 e. The van der Waals surface area contributed by atoms with Crippen molar-refractivity contribution in [3.05, 3.63) is 111 Å². The lowest BCUT2D eigenvalue weighted by molar-refractivity contribution is 0.297. The minimum absolute atomic E-state index is 0.0570. The molecule has 0 bridgehead atoms. The first-order valence-corrected chi connectivity index (χ1v) is 15.2. The van der Waals surface area contributed by atoms with Crippen molar-refractivity contribution in [2.75, 3.05) is 6.61 Å². The Morgan fingerprint density at radius 1 is 1.02 bits per heavy atom. The molecule has 42 heavy (non-hydrogen) atoms. The maximum Gasteiger partial charge on any atom is 0.336 e. The third-order valence-electron chi connectivity index (χ3n) is 6.08. The highest BCUT2D eigenvalue weighted by Gasteiger charge is 2.08. The Morgan fingerprint density at radius 3 is 2.64 bits per heavy atom. The predicted octanol–water partition coefficient (Wildman–Crippen LogP) is 4.46. The Kier molecular flexibility index (Phi) is 9.10. The van der Waals surface area contributed by atoms with Gasteiger partial charge in [-0.3, -0.25) is 9.67 Å². The van der Waals surface area contributed by atoms with Gasteiger partial charge in [0.05, 0.1) is 24.2 Å². The molecule has 0 amide bonds. The number of rotatable bonds is 12. The number of aliphatic imine (C=N–C) groups is 1. The molecule has 0 spiro atoms. The first kappa shape index (κ1) is 29.2. The van der Waals surface area contributed by atoms with Crippen LogP contribution in [0, 0.1) is 0 Å². The fourth-order valence-corrected chi connectivity index (χ4v) is 4.89. The molecule has 5 aromatic rings. The third kappa shape index (κ3) is 7.90. The lowest BCUT2D eigenvalue weighted by Crippen LogP contribution is -2.11. The molecule has 0 saturated heterocycles. The molecule has 216 valence electrons. The quantitative estimate of drug-likeness (QED) is 0.118. The monoisotopic (exact) mass is 651 g/mol. The van der Waals surface area contributed by atoms with Gasteiger partial charge in [-0.2, -0.15) is 0 Å². The van der Waals surface area contributed by atoms with Crippen molar-refractivity contribution in [3.63, 3.8) is 0 Å². The van der Waals surface area contributed by atoms with Crippen LogP contribution in [0.3, 0.4) is 0 Å². The highest BCUT2D eigenvalue weighted by atomic mass is 79.9. The van der Waals surface area contributed by atoms with Gasteiger partial charge in [0.2, 0.25) is 10.0 Å². The zero-order valence-electron chi connectivity index (χ0n) is 22.2. The molecule has 11 nitrogen and oxygen atoms in total. The van der Waals surface area contributed by atoms with Gasteiger partial charge in [0.1, 0.15) is 29.4 Å². The summed E-state index contributed by atoms with van der Waals surface area (Å²) in [5, 5.41) is 14.3. The van der Waals surface area contributed by atoms with Crippen molar-refractivity contribution >= 4 is 43.1 Å². The number of benzene rings is 3. The molecule has 13 heteroatoms. The van der Waals surface area contributed by atoms with Gasteiger partial charge in [-0.25, -0.2) is 18.4 Å². The summed E-state index contributed by atoms with van der Waals surface area (Å²) in [4.78, 5) is 16.0. The standard InChI is InChI=1S/C29H26BrN5O6S/c30-23-6-10-27(22(14-23)17-32-16-20-2-8-26(9-3-20)42(31,37)38)40-19-24-18-35(34-33-24)12-1-13-39-25-7-4-21-5-11-29(36)41-28(21)15-25/h2-11,14-15,17-18H,1,12-13,16,19H2,(H2,31,37,38). The van der Waals surface area contributed by atoms with E-state index in [-0.39, 0.29) is 11.5 Å². The summed E-state index contributed by atoms with van der Waals surface area (Å²) in [6.45, 7) is 1.62. The zero-order chi connectivity index (χ0) is 29.5. The first-order valence-electron chi connectivity index (χ1n) is 12.8. The second-order valence-corrected chi connectivity index (χ2v) is 11.7. The van der Waals surface area contributed by atoms with E-state index in [1.807, 2.05) is 36.5 Å². The number of fused-ring (bicyclic) bond motifs is 1. The minimum Gasteiger partial charge on any atom is -0.493 e. The van der Waals surface area contributed by atoms with Gasteiger partial charge >= 0.3 is 5.63 Å². The van der Waals surface area contributed by atoms with Crippen molar-refractivity contribution in [1.29, 1.82) is 0 Å². The van der Waals surface area contributed by atoms with Gasteiger partial charge in [-0.15, -0.1) is 5.10 Å². The van der Waals surface area contributed by atoms with E-state index in [0.717, 1.165) is 21.0 Å². The molecule has 0 aliphatic carbocycles. The summed E-state index contributed by atoms with van der Waals surface area (Å²) in [7, 11) is -3.73. The number of ether oxygens (including phenoxy) is 2. The molecule has 0 atom stereocenters. The molecular weight excluding hydrogens is 626 g/mol. The maximum absolute atomic E-state index is 11.4. The lowest BCUT2D eigenvalue weighted by atomic mass is 10.2. The minimum atomic E-state index is -3.73. The van der Waals surface area contributed by atoms with Crippen molar-refractivity contribution in [2.24, 2.45) is 10.1 Å². The van der Waals surface area contributed by atoms with E-state index in [4.69, 9.17) is 19.0 Å². The Morgan fingerprint density at radius 2 is 1.83 bits per heavy atom. The Hall–Kier alpha value is -4.33. The Bertz CT molecular complexity index is 1890. The lowest BCUT2D eigenvalue weighted by Gasteiger charge is -2.08. The summed E-state index contributed by atoms with van der Waals surface area (Å²) in [6.07, 6.45) is 4.22. The Labute approximate surface area is 249 Å². The van der Waals surface area contributed by atoms with E-state index in [2.05, 4.69) is 31.2 Å². The van der Waals surface area contributed by atoms with Crippen molar-refractivity contribution in [3.8, 4) is 11.5 Å². The first-order chi connectivity index (χ1) is 20.2. The average molecular weight is 653 g/mol. The van der Waals surface area contributed by atoms with Gasteiger partial charge in [0.25, 0.3) is 0 Å². The topological polar surface area (TPSA) is 152 Å². The molecule has 0 radical (unpaired) electrons. The Balaban J connectivity index is 1.11. The number of halogens is 1. The molecule has 0 aliphatic heterocycles. The number of hydrogen-bond acceptors (Lipinski definition) is 9. The highest BCUT2D eigenvalue weighted by molar-refractivity contribution is 9.10. The number of sulfonamides is 1. The van der Waals surface area contributed by atoms with E-state index in [1.54, 1.807) is 35.2 Å². The smallest absolute Gasteiger partial charge is 0.336 e. The molecule has 0 unspecified atom stereocenters. The number of hydrogen-bond donors (Lipinski definition) is 1. The van der Waals surface area contributed by atoms with Crippen LogP contribution >= 0.6 is 15.9 Å². The maximum atomic E-state index is 11.4. The van der Waals surface area contributed by atoms with E-state index in [1.165, 1.54) is 18.2 Å². The van der Waals surface area contributed by atoms with Crippen LogP contribution in [0.4, 0.5) is 0 Å². The molecule has 3 aromatic carbocycles. The van der Waals surface area contributed by atoms with Gasteiger partial charge in [0, 0.05) is 46.7 Å². The molecule has 2 heterocycles. The molecule has 2 aromatic heterocycles. The van der Waals surface area contributed by atoms with Gasteiger partial charge in [0.15, 0.2) is 0 Å². The van der Waals surface area contributed by atoms with Crippen LogP contribution in [0.1, 0.15) is 23.2 Å². The fourth-order valence-electron chi connectivity index (χ4n) is 4.00. The molecule has 0 fully saturated rings. The van der Waals surface area contributed by atoms with Crippen LogP contribution < -0.4 is 20.2 Å². The van der Waals surface area contributed by atoms with Crippen LogP contribution in [0.5, 0.6) is 11.5 Å². The molecule has 0 aliphatic rings. The van der Waals surface area contributed by atoms with Crippen LogP contribution in [-0.4, -0.2) is 36.2 Å². The molecule has 0 saturated carbocycles. The van der Waals surface area contributed by atoms with Crippen molar-refractivity contribution < 1.29 is 22.3 Å². The SMILES string of the molecule is NS(=O)(=O)c1ccc(CN=Cc2cc(Br)ccc2OCc2cn(CCCOc3ccc4ccc(=O)oc4c3)nn2)cc1. The number of aryl methyl sites for hydroxylation is 1. The van der Waals surface area contributed by atoms with E-state index >= 15 is 0 Å². The molecule has 5 rings (SSSR count). The molecule has 2 N–H and O–H groups in total. The van der Waals surface area contributed by atoms with Gasteiger partial charge in [-0.1, -0.05) is 33.3 Å². The summed E-state index contributed by atoms with van der Waals surface area (Å²) >= 11 is 3.48. The average Bonchev–Trinajstić information content (AvgIpc) is 3.42. The summed E-state index contributed by atoms with van der Waals surface area (Å²) in [5.41, 5.74) is 2.36.